The zero-order valence-electron chi connectivity index (χ0n) is 13.9. The van der Waals surface area contributed by atoms with Crippen LogP contribution in [0.5, 0.6) is 5.75 Å². The molecule has 2 heterocycles. The standard InChI is InChI=1S/C16H10ClF3N4O4/c1-7-13(15(26)22-11-5-9(24(27)28)2-3-12(11)25)23-6-8(16(18,19)20)4-10(17)14(23)21-7/h2-6,25H,1H3,(H,22,26). The third-order valence-corrected chi connectivity index (χ3v) is 4.11. The molecule has 3 aromatic rings. The van der Waals surface area contributed by atoms with Gasteiger partial charge in [-0.25, -0.2) is 4.98 Å². The van der Waals surface area contributed by atoms with E-state index in [1.54, 1.807) is 0 Å². The highest BCUT2D eigenvalue weighted by Crippen LogP contribution is 2.33. The molecule has 0 spiro atoms. The Balaban J connectivity index is 2.10. The van der Waals surface area contributed by atoms with Crippen LogP contribution in [0, 0.1) is 17.0 Å². The summed E-state index contributed by atoms with van der Waals surface area (Å²) in [4.78, 5) is 26.8. The molecule has 0 fully saturated rings. The molecule has 0 bridgehead atoms. The summed E-state index contributed by atoms with van der Waals surface area (Å²) in [5.74, 6) is -1.39. The Morgan fingerprint density at radius 1 is 1.36 bits per heavy atom. The molecule has 0 atom stereocenters. The van der Waals surface area contributed by atoms with E-state index >= 15 is 0 Å². The summed E-state index contributed by atoms with van der Waals surface area (Å²) in [6, 6.07) is 3.64. The van der Waals surface area contributed by atoms with E-state index in [9.17, 15) is 33.2 Å². The number of carbonyl (C=O) groups excluding carboxylic acids is 1. The molecule has 0 aliphatic carbocycles. The number of carbonyl (C=O) groups is 1. The maximum Gasteiger partial charge on any atom is 0.417 e. The molecule has 146 valence electrons. The number of aromatic nitrogens is 2. The number of phenolic OH excluding ortho intramolecular Hbond substituents is 1. The second-order valence-electron chi connectivity index (χ2n) is 5.73. The van der Waals surface area contributed by atoms with Crippen LogP contribution in [-0.2, 0) is 6.18 Å². The van der Waals surface area contributed by atoms with Crippen molar-refractivity contribution < 1.29 is 28.0 Å². The fourth-order valence-corrected chi connectivity index (χ4v) is 2.82. The van der Waals surface area contributed by atoms with Crippen molar-refractivity contribution in [3.05, 3.63) is 62.6 Å². The highest BCUT2D eigenvalue weighted by Gasteiger charge is 2.33. The van der Waals surface area contributed by atoms with Crippen LogP contribution in [0.1, 0.15) is 21.7 Å². The first-order chi connectivity index (χ1) is 13.0. The summed E-state index contributed by atoms with van der Waals surface area (Å²) >= 11 is 5.87. The number of hydrogen-bond acceptors (Lipinski definition) is 5. The maximum atomic E-state index is 13.1. The van der Waals surface area contributed by atoms with Crippen molar-refractivity contribution >= 4 is 34.5 Å². The van der Waals surface area contributed by atoms with Crippen LogP contribution in [0.25, 0.3) is 5.65 Å². The number of imidazole rings is 1. The van der Waals surface area contributed by atoms with Crippen molar-refractivity contribution in [1.82, 2.24) is 9.38 Å². The number of aromatic hydroxyl groups is 1. The molecule has 12 heteroatoms. The smallest absolute Gasteiger partial charge is 0.417 e. The second kappa shape index (κ2) is 6.68. The number of benzene rings is 1. The third-order valence-electron chi connectivity index (χ3n) is 3.83. The van der Waals surface area contributed by atoms with E-state index in [2.05, 4.69) is 10.3 Å². The molecule has 0 saturated carbocycles. The van der Waals surface area contributed by atoms with Crippen LogP contribution in [0.4, 0.5) is 24.5 Å². The van der Waals surface area contributed by atoms with Gasteiger partial charge in [-0.2, -0.15) is 13.2 Å². The van der Waals surface area contributed by atoms with E-state index in [4.69, 9.17) is 11.6 Å². The monoisotopic (exact) mass is 414 g/mol. The minimum atomic E-state index is -4.71. The number of fused-ring (bicyclic) bond motifs is 1. The predicted octanol–water partition coefficient (Wildman–Crippen LogP) is 4.18. The Kier molecular flexibility index (Phi) is 4.63. The summed E-state index contributed by atoms with van der Waals surface area (Å²) in [5.41, 5.74) is -2.04. The number of halogens is 4. The Bertz CT molecular complexity index is 1130. The minimum Gasteiger partial charge on any atom is -0.506 e. The van der Waals surface area contributed by atoms with Gasteiger partial charge in [-0.3, -0.25) is 19.3 Å². The second-order valence-corrected chi connectivity index (χ2v) is 6.13. The van der Waals surface area contributed by atoms with Crippen molar-refractivity contribution in [3.63, 3.8) is 0 Å². The van der Waals surface area contributed by atoms with Gasteiger partial charge in [0.25, 0.3) is 11.6 Å². The van der Waals surface area contributed by atoms with Gasteiger partial charge in [-0.15, -0.1) is 0 Å². The van der Waals surface area contributed by atoms with Crippen molar-refractivity contribution in [2.75, 3.05) is 5.32 Å². The van der Waals surface area contributed by atoms with Crippen LogP contribution < -0.4 is 5.32 Å². The number of nitro groups is 1. The molecule has 0 aliphatic rings. The predicted molar refractivity (Wildman–Crippen MR) is 92.7 cm³/mol. The first-order valence-corrected chi connectivity index (χ1v) is 7.91. The Morgan fingerprint density at radius 2 is 2.04 bits per heavy atom. The summed E-state index contributed by atoms with van der Waals surface area (Å²) in [6.07, 6.45) is -4.04. The molecule has 8 nitrogen and oxygen atoms in total. The van der Waals surface area contributed by atoms with Crippen LogP contribution in [0.2, 0.25) is 5.02 Å². The van der Waals surface area contributed by atoms with Gasteiger partial charge < -0.3 is 10.4 Å². The molecule has 0 aliphatic heterocycles. The Hall–Kier alpha value is -3.34. The molecule has 2 aromatic heterocycles. The number of anilines is 1. The largest absolute Gasteiger partial charge is 0.506 e. The van der Waals surface area contributed by atoms with Crippen LogP contribution in [0.3, 0.4) is 0 Å². The van der Waals surface area contributed by atoms with Gasteiger partial charge in [0.2, 0.25) is 0 Å². The highest BCUT2D eigenvalue weighted by molar-refractivity contribution is 6.33. The van der Waals surface area contributed by atoms with E-state index in [-0.39, 0.29) is 27.7 Å². The molecule has 28 heavy (non-hydrogen) atoms. The Labute approximate surface area is 159 Å². The number of rotatable bonds is 3. The van der Waals surface area contributed by atoms with E-state index in [1.807, 2.05) is 0 Å². The molecular weight excluding hydrogens is 405 g/mol. The lowest BCUT2D eigenvalue weighted by molar-refractivity contribution is -0.384. The topological polar surface area (TPSA) is 110 Å². The molecule has 0 saturated heterocycles. The lowest BCUT2D eigenvalue weighted by atomic mass is 10.2. The fraction of sp³-hybridized carbons (Fsp3) is 0.125. The van der Waals surface area contributed by atoms with Crippen LogP contribution >= 0.6 is 11.6 Å². The molecule has 1 aromatic carbocycles. The van der Waals surface area contributed by atoms with Gasteiger partial charge >= 0.3 is 6.18 Å². The lowest BCUT2D eigenvalue weighted by Crippen LogP contribution is -2.17. The van der Waals surface area contributed by atoms with Gasteiger partial charge in [0.05, 0.1) is 26.9 Å². The molecular formula is C16H10ClF3N4O4. The van der Waals surface area contributed by atoms with Crippen molar-refractivity contribution in [3.8, 4) is 5.75 Å². The molecule has 0 radical (unpaired) electrons. The number of nitrogens with zero attached hydrogens (tertiary/aromatic N) is 3. The first kappa shape index (κ1) is 19.4. The SMILES string of the molecule is Cc1nc2c(Cl)cc(C(F)(F)F)cn2c1C(=O)Nc1cc([N+](=O)[O-])ccc1O. The van der Waals surface area contributed by atoms with Crippen LogP contribution in [-0.4, -0.2) is 25.3 Å². The quantitative estimate of drug-likeness (QED) is 0.379. The number of hydrogen-bond donors (Lipinski definition) is 2. The van der Waals surface area contributed by atoms with E-state index < -0.39 is 34.0 Å². The molecule has 3 rings (SSSR count). The summed E-state index contributed by atoms with van der Waals surface area (Å²) in [5, 5.41) is 22.6. The molecule has 1 amide bonds. The number of aryl methyl sites for hydroxylation is 1. The first-order valence-electron chi connectivity index (χ1n) is 7.53. The summed E-state index contributed by atoms with van der Waals surface area (Å²) < 4.78 is 40.1. The number of phenols is 1. The van der Waals surface area contributed by atoms with E-state index in [0.717, 1.165) is 22.6 Å². The van der Waals surface area contributed by atoms with Crippen molar-refractivity contribution in [1.29, 1.82) is 0 Å². The van der Waals surface area contributed by atoms with Crippen molar-refractivity contribution in [2.45, 2.75) is 13.1 Å². The number of nitrogens with one attached hydrogen (secondary N) is 1. The lowest BCUT2D eigenvalue weighted by Gasteiger charge is -2.11. The minimum absolute atomic E-state index is 0.0689. The number of non-ortho nitro benzene ring substituents is 1. The van der Waals surface area contributed by atoms with Crippen molar-refractivity contribution in [2.24, 2.45) is 0 Å². The van der Waals surface area contributed by atoms with E-state index in [1.165, 1.54) is 6.92 Å². The van der Waals surface area contributed by atoms with E-state index in [0.29, 0.717) is 12.3 Å². The summed E-state index contributed by atoms with van der Waals surface area (Å²) in [7, 11) is 0. The fourth-order valence-electron chi connectivity index (χ4n) is 2.57. The summed E-state index contributed by atoms with van der Waals surface area (Å²) in [6.45, 7) is 1.39. The molecule has 2 N–H and O–H groups in total. The van der Waals surface area contributed by atoms with Gasteiger partial charge in [0.15, 0.2) is 5.65 Å². The number of nitro benzene ring substituents is 1. The zero-order valence-corrected chi connectivity index (χ0v) is 14.7. The Morgan fingerprint density at radius 3 is 2.64 bits per heavy atom. The average molecular weight is 415 g/mol. The molecule has 0 unspecified atom stereocenters. The van der Waals surface area contributed by atoms with Gasteiger partial charge in [0.1, 0.15) is 11.4 Å². The number of alkyl halides is 3. The maximum absolute atomic E-state index is 13.1. The average Bonchev–Trinajstić information content (AvgIpc) is 2.92. The van der Waals surface area contributed by atoms with Gasteiger partial charge in [-0.05, 0) is 19.1 Å². The number of pyridine rings is 1. The van der Waals surface area contributed by atoms with Crippen LogP contribution in [0.15, 0.2) is 30.5 Å². The zero-order chi connectivity index (χ0) is 20.8. The number of amides is 1. The normalized spacial score (nSPS) is 11.6. The van der Waals surface area contributed by atoms with Gasteiger partial charge in [-0.1, -0.05) is 11.6 Å². The highest BCUT2D eigenvalue weighted by atomic mass is 35.5. The van der Waals surface area contributed by atoms with Gasteiger partial charge in [0, 0.05) is 18.3 Å². The third kappa shape index (κ3) is 3.43.